The Morgan fingerprint density at radius 1 is 1.00 bits per heavy atom. The third kappa shape index (κ3) is 4.82. The van der Waals surface area contributed by atoms with Crippen LogP contribution >= 0.6 is 0 Å². The summed E-state index contributed by atoms with van der Waals surface area (Å²) in [6.45, 7) is 1.69. The quantitative estimate of drug-likeness (QED) is 0.882. The van der Waals surface area contributed by atoms with Crippen LogP contribution in [0.25, 0.3) is 0 Å². The molecule has 0 bridgehead atoms. The fraction of sp³-hybridized carbons (Fsp3) is 0.600. The van der Waals surface area contributed by atoms with Crippen LogP contribution in [0.3, 0.4) is 0 Å². The summed E-state index contributed by atoms with van der Waals surface area (Å²) in [5, 5.41) is 2.93. The molecule has 3 rings (SSSR count). The van der Waals surface area contributed by atoms with Crippen LogP contribution in [0, 0.1) is 5.92 Å². The topological polar surface area (TPSA) is 75.4 Å². The highest BCUT2D eigenvalue weighted by atomic mass is 16.2. The van der Waals surface area contributed by atoms with Gasteiger partial charge in [-0.2, -0.15) is 0 Å². The highest BCUT2D eigenvalue weighted by Crippen LogP contribution is 2.27. The summed E-state index contributed by atoms with van der Waals surface area (Å²) in [4.78, 5) is 26.7. The van der Waals surface area contributed by atoms with E-state index in [9.17, 15) is 9.59 Å². The number of nitrogens with one attached hydrogen (secondary N) is 1. The van der Waals surface area contributed by atoms with E-state index in [1.54, 1.807) is 0 Å². The van der Waals surface area contributed by atoms with E-state index in [2.05, 4.69) is 5.32 Å². The normalized spacial score (nSPS) is 24.0. The Bertz CT molecular complexity index is 591. The summed E-state index contributed by atoms with van der Waals surface area (Å²) in [5.41, 5.74) is 7.47. The molecule has 1 heterocycles. The number of carbonyl (C=O) groups is 2. The Hall–Kier alpha value is -1.88. The predicted octanol–water partition coefficient (Wildman–Crippen LogP) is 3.16. The van der Waals surface area contributed by atoms with Gasteiger partial charge in [0.05, 0.1) is 0 Å². The van der Waals surface area contributed by atoms with E-state index >= 15 is 0 Å². The molecule has 1 aromatic carbocycles. The Labute approximate surface area is 150 Å². The molecule has 1 saturated carbocycles. The number of amides is 2. The minimum Gasteiger partial charge on any atom is -0.339 e. The zero-order valence-corrected chi connectivity index (χ0v) is 14.9. The molecule has 136 valence electrons. The van der Waals surface area contributed by atoms with Crippen LogP contribution in [0.4, 0.5) is 5.69 Å². The molecule has 1 aliphatic carbocycles. The number of nitrogens with zero attached hydrogens (tertiary/aromatic N) is 1. The van der Waals surface area contributed by atoms with Gasteiger partial charge in [0.1, 0.15) is 0 Å². The van der Waals surface area contributed by atoms with Crippen LogP contribution in [0.5, 0.6) is 0 Å². The summed E-state index contributed by atoms with van der Waals surface area (Å²) in [5.74, 6) is 0.398. The van der Waals surface area contributed by atoms with Gasteiger partial charge in [-0.3, -0.25) is 9.59 Å². The molecule has 0 radical (unpaired) electrons. The SMILES string of the molecule is N[C@@H]1CCC[C@H]1CC(=O)Nc1ccc(C(=O)N2CCCCCC2)cc1. The molecule has 5 nitrogen and oxygen atoms in total. The molecule has 3 N–H and O–H groups in total. The van der Waals surface area contributed by atoms with Crippen molar-refractivity contribution in [3.8, 4) is 0 Å². The zero-order chi connectivity index (χ0) is 17.6. The van der Waals surface area contributed by atoms with Crippen molar-refractivity contribution in [1.82, 2.24) is 4.90 Å². The minimum absolute atomic E-state index is 0.00828. The Kier molecular flexibility index (Phi) is 6.08. The Morgan fingerprint density at radius 2 is 1.68 bits per heavy atom. The molecule has 1 saturated heterocycles. The number of hydrogen-bond acceptors (Lipinski definition) is 3. The van der Waals surface area contributed by atoms with Crippen molar-refractivity contribution in [1.29, 1.82) is 0 Å². The first kappa shape index (κ1) is 17.9. The maximum absolute atomic E-state index is 12.6. The molecular formula is C20H29N3O2. The first-order valence-corrected chi connectivity index (χ1v) is 9.58. The van der Waals surface area contributed by atoms with Gasteiger partial charge >= 0.3 is 0 Å². The molecule has 0 aromatic heterocycles. The summed E-state index contributed by atoms with van der Waals surface area (Å²) >= 11 is 0. The number of rotatable bonds is 4. The maximum atomic E-state index is 12.6. The van der Waals surface area contributed by atoms with Gasteiger partial charge in [0, 0.05) is 36.8 Å². The summed E-state index contributed by atoms with van der Waals surface area (Å²) in [7, 11) is 0. The number of carbonyl (C=O) groups excluding carboxylic acids is 2. The first-order valence-electron chi connectivity index (χ1n) is 9.58. The molecule has 25 heavy (non-hydrogen) atoms. The van der Waals surface area contributed by atoms with E-state index in [0.29, 0.717) is 17.9 Å². The standard InChI is InChI=1S/C20H29N3O2/c21-18-7-5-6-16(18)14-19(24)22-17-10-8-15(9-11-17)20(25)23-12-3-1-2-4-13-23/h8-11,16,18H,1-7,12-14,21H2,(H,22,24)/t16-,18+/m0/s1. The molecule has 2 amide bonds. The van der Waals surface area contributed by atoms with Crippen molar-refractivity contribution in [2.75, 3.05) is 18.4 Å². The molecule has 1 aromatic rings. The van der Waals surface area contributed by atoms with Crippen molar-refractivity contribution in [2.24, 2.45) is 11.7 Å². The lowest BCUT2D eigenvalue weighted by Crippen LogP contribution is -2.31. The largest absolute Gasteiger partial charge is 0.339 e. The summed E-state index contributed by atoms with van der Waals surface area (Å²) in [6, 6.07) is 7.41. The number of hydrogen-bond donors (Lipinski definition) is 2. The van der Waals surface area contributed by atoms with Crippen LogP contribution in [0.1, 0.15) is 61.7 Å². The molecule has 1 aliphatic heterocycles. The Balaban J connectivity index is 1.54. The van der Waals surface area contributed by atoms with Crippen LogP contribution in [-0.2, 0) is 4.79 Å². The molecule has 5 heteroatoms. The third-order valence-corrected chi connectivity index (χ3v) is 5.47. The molecule has 0 unspecified atom stereocenters. The fourth-order valence-corrected chi connectivity index (χ4v) is 3.92. The summed E-state index contributed by atoms with van der Waals surface area (Å²) < 4.78 is 0. The van der Waals surface area contributed by atoms with Gasteiger partial charge in [-0.05, 0) is 55.9 Å². The molecular weight excluding hydrogens is 314 g/mol. The van der Waals surface area contributed by atoms with E-state index < -0.39 is 0 Å². The predicted molar refractivity (Wildman–Crippen MR) is 99.4 cm³/mol. The average Bonchev–Trinajstić information content (AvgIpc) is 2.86. The highest BCUT2D eigenvalue weighted by molar-refractivity contribution is 5.95. The number of benzene rings is 1. The summed E-state index contributed by atoms with van der Waals surface area (Å²) in [6.07, 6.45) is 8.25. The van der Waals surface area contributed by atoms with Crippen LogP contribution in [-0.4, -0.2) is 35.8 Å². The lowest BCUT2D eigenvalue weighted by Gasteiger charge is -2.20. The molecule has 2 fully saturated rings. The number of likely N-dealkylation sites (tertiary alicyclic amines) is 1. The van der Waals surface area contributed by atoms with E-state index in [1.807, 2.05) is 29.2 Å². The van der Waals surface area contributed by atoms with Crippen LogP contribution in [0.15, 0.2) is 24.3 Å². The van der Waals surface area contributed by atoms with Crippen molar-refractivity contribution in [3.05, 3.63) is 29.8 Å². The number of anilines is 1. The molecule has 2 atom stereocenters. The lowest BCUT2D eigenvalue weighted by atomic mass is 10.00. The van der Waals surface area contributed by atoms with Crippen molar-refractivity contribution in [3.63, 3.8) is 0 Å². The second-order valence-electron chi connectivity index (χ2n) is 7.39. The van der Waals surface area contributed by atoms with Gasteiger partial charge in [0.2, 0.25) is 5.91 Å². The van der Waals surface area contributed by atoms with Crippen molar-refractivity contribution >= 4 is 17.5 Å². The zero-order valence-electron chi connectivity index (χ0n) is 14.9. The van der Waals surface area contributed by atoms with E-state index in [1.165, 1.54) is 12.8 Å². The highest BCUT2D eigenvalue weighted by Gasteiger charge is 2.26. The number of nitrogens with two attached hydrogens (primary N) is 1. The van der Waals surface area contributed by atoms with E-state index in [-0.39, 0.29) is 17.9 Å². The van der Waals surface area contributed by atoms with Gasteiger partial charge in [-0.25, -0.2) is 0 Å². The third-order valence-electron chi connectivity index (χ3n) is 5.47. The average molecular weight is 343 g/mol. The smallest absolute Gasteiger partial charge is 0.253 e. The van der Waals surface area contributed by atoms with Gasteiger partial charge < -0.3 is 16.0 Å². The van der Waals surface area contributed by atoms with E-state index in [0.717, 1.165) is 50.9 Å². The van der Waals surface area contributed by atoms with Crippen molar-refractivity contribution < 1.29 is 9.59 Å². The molecule has 0 spiro atoms. The van der Waals surface area contributed by atoms with Crippen molar-refractivity contribution in [2.45, 2.75) is 57.4 Å². The van der Waals surface area contributed by atoms with Gasteiger partial charge in [0.25, 0.3) is 5.91 Å². The van der Waals surface area contributed by atoms with Gasteiger partial charge in [0.15, 0.2) is 0 Å². The fourth-order valence-electron chi connectivity index (χ4n) is 3.92. The van der Waals surface area contributed by atoms with Crippen LogP contribution in [0.2, 0.25) is 0 Å². The lowest BCUT2D eigenvalue weighted by molar-refractivity contribution is -0.117. The molecule has 2 aliphatic rings. The maximum Gasteiger partial charge on any atom is 0.253 e. The second kappa shape index (κ2) is 8.48. The van der Waals surface area contributed by atoms with Gasteiger partial charge in [-0.15, -0.1) is 0 Å². The Morgan fingerprint density at radius 3 is 2.28 bits per heavy atom. The first-order chi connectivity index (χ1) is 12.1. The van der Waals surface area contributed by atoms with Crippen LogP contribution < -0.4 is 11.1 Å². The van der Waals surface area contributed by atoms with Gasteiger partial charge in [-0.1, -0.05) is 19.3 Å². The van der Waals surface area contributed by atoms with E-state index in [4.69, 9.17) is 5.73 Å². The minimum atomic E-state index is 0.00828. The second-order valence-corrected chi connectivity index (χ2v) is 7.39. The monoisotopic (exact) mass is 343 g/mol.